The quantitative estimate of drug-likeness (QED) is 0.934. The largest absolute Gasteiger partial charge is 0.349 e. The molecule has 1 heterocycles. The van der Waals surface area contributed by atoms with Crippen LogP contribution in [0.5, 0.6) is 0 Å². The zero-order valence-electron chi connectivity index (χ0n) is 14.7. The van der Waals surface area contributed by atoms with E-state index in [4.69, 9.17) is 0 Å². The smallest absolute Gasteiger partial charge is 0.251 e. The van der Waals surface area contributed by atoms with Gasteiger partial charge in [0.2, 0.25) is 0 Å². The minimum absolute atomic E-state index is 0.00667. The number of rotatable bonds is 3. The highest BCUT2D eigenvalue weighted by molar-refractivity contribution is 5.97. The van der Waals surface area contributed by atoms with Crippen LogP contribution in [0.25, 0.3) is 11.0 Å². The van der Waals surface area contributed by atoms with Gasteiger partial charge in [0.15, 0.2) is 0 Å². The van der Waals surface area contributed by atoms with Crippen LogP contribution in [-0.2, 0) is 0 Å². The van der Waals surface area contributed by atoms with Gasteiger partial charge in [0.25, 0.3) is 5.91 Å². The number of aromatic nitrogens is 2. The zero-order chi connectivity index (χ0) is 16.8. The molecule has 0 unspecified atom stereocenters. The number of carbonyl (C=O) groups is 1. The van der Waals surface area contributed by atoms with Gasteiger partial charge in [-0.2, -0.15) is 0 Å². The van der Waals surface area contributed by atoms with E-state index in [1.165, 1.54) is 25.7 Å². The Kier molecular flexibility index (Phi) is 3.78. The first-order valence-electron chi connectivity index (χ1n) is 9.07. The maximum atomic E-state index is 12.7. The average molecular weight is 323 g/mol. The molecular weight excluding hydrogens is 298 g/mol. The Morgan fingerprint density at radius 3 is 2.54 bits per heavy atom. The van der Waals surface area contributed by atoms with E-state index in [9.17, 15) is 4.79 Å². The molecule has 4 nitrogen and oxygen atoms in total. The molecule has 2 aliphatic rings. The lowest BCUT2D eigenvalue weighted by Gasteiger charge is -2.28. The zero-order valence-corrected chi connectivity index (χ0v) is 14.7. The van der Waals surface area contributed by atoms with Crippen LogP contribution in [0.15, 0.2) is 18.2 Å². The van der Waals surface area contributed by atoms with Crippen LogP contribution in [0.3, 0.4) is 0 Å². The van der Waals surface area contributed by atoms with Gasteiger partial charge in [0.1, 0.15) is 0 Å². The molecule has 2 aliphatic carbocycles. The highest BCUT2D eigenvalue weighted by atomic mass is 16.1. The Balaban J connectivity index is 1.51. The van der Waals surface area contributed by atoms with Gasteiger partial charge >= 0.3 is 0 Å². The standard InChI is InChI=1S/C20H25N3O/c1-11-12(2)22-19-10-16(6-7-18(19)21-11)20(24)23-13(3)17-9-14-4-5-15(17)8-14/h6-7,10,13-15,17H,4-5,8-9H2,1-3H3,(H,23,24)/t13-,14+,15+,17-/m1/s1. The van der Waals surface area contributed by atoms with Crippen molar-refractivity contribution in [2.45, 2.75) is 52.5 Å². The van der Waals surface area contributed by atoms with Gasteiger partial charge in [0, 0.05) is 11.6 Å². The van der Waals surface area contributed by atoms with Gasteiger partial charge in [-0.3, -0.25) is 4.79 Å². The Labute approximate surface area is 143 Å². The Hall–Kier alpha value is -1.97. The topological polar surface area (TPSA) is 54.9 Å². The Bertz CT molecular complexity index is 801. The first-order valence-corrected chi connectivity index (χ1v) is 9.07. The molecule has 2 saturated carbocycles. The molecule has 4 rings (SSSR count). The van der Waals surface area contributed by atoms with Gasteiger partial charge in [-0.1, -0.05) is 6.42 Å². The van der Waals surface area contributed by atoms with Crippen molar-refractivity contribution < 1.29 is 4.79 Å². The van der Waals surface area contributed by atoms with Crippen LogP contribution < -0.4 is 5.32 Å². The molecule has 1 N–H and O–H groups in total. The van der Waals surface area contributed by atoms with E-state index < -0.39 is 0 Å². The van der Waals surface area contributed by atoms with E-state index >= 15 is 0 Å². The second-order valence-corrected chi connectivity index (χ2v) is 7.70. The van der Waals surface area contributed by atoms with Crippen LogP contribution >= 0.6 is 0 Å². The maximum Gasteiger partial charge on any atom is 0.251 e. The van der Waals surface area contributed by atoms with Crippen LogP contribution in [0.1, 0.15) is 54.4 Å². The van der Waals surface area contributed by atoms with Crippen LogP contribution in [0, 0.1) is 31.6 Å². The summed E-state index contributed by atoms with van der Waals surface area (Å²) in [5.41, 5.74) is 4.16. The summed E-state index contributed by atoms with van der Waals surface area (Å²) < 4.78 is 0. The number of nitrogens with one attached hydrogen (secondary N) is 1. The van der Waals surface area contributed by atoms with Crippen molar-refractivity contribution >= 4 is 16.9 Å². The van der Waals surface area contributed by atoms with Crippen LogP contribution in [0.4, 0.5) is 0 Å². The lowest BCUT2D eigenvalue weighted by atomic mass is 9.84. The number of hydrogen-bond donors (Lipinski definition) is 1. The van der Waals surface area contributed by atoms with Gasteiger partial charge in [0.05, 0.1) is 22.4 Å². The molecule has 0 saturated heterocycles. The molecular formula is C20H25N3O. The number of nitrogens with zero attached hydrogens (tertiary/aromatic N) is 2. The predicted molar refractivity (Wildman–Crippen MR) is 94.9 cm³/mol. The van der Waals surface area contributed by atoms with Crippen molar-refractivity contribution in [3.05, 3.63) is 35.2 Å². The van der Waals surface area contributed by atoms with Crippen molar-refractivity contribution in [3.63, 3.8) is 0 Å². The fraction of sp³-hybridized carbons (Fsp3) is 0.550. The second-order valence-electron chi connectivity index (χ2n) is 7.70. The molecule has 24 heavy (non-hydrogen) atoms. The fourth-order valence-corrected chi connectivity index (χ4v) is 4.68. The van der Waals surface area contributed by atoms with Gasteiger partial charge in [-0.25, -0.2) is 9.97 Å². The second kappa shape index (κ2) is 5.83. The van der Waals surface area contributed by atoms with Gasteiger partial charge in [-0.05, 0) is 76.0 Å². The normalized spacial score (nSPS) is 26.7. The lowest BCUT2D eigenvalue weighted by molar-refractivity contribution is 0.0915. The third-order valence-electron chi connectivity index (χ3n) is 6.13. The first kappa shape index (κ1) is 15.6. The molecule has 1 aromatic carbocycles. The number of hydrogen-bond acceptors (Lipinski definition) is 3. The summed E-state index contributed by atoms with van der Waals surface area (Å²) >= 11 is 0. The summed E-state index contributed by atoms with van der Waals surface area (Å²) in [7, 11) is 0. The summed E-state index contributed by atoms with van der Waals surface area (Å²) in [6.45, 7) is 6.07. The minimum atomic E-state index is 0.00667. The summed E-state index contributed by atoms with van der Waals surface area (Å²) in [5.74, 6) is 2.38. The van der Waals surface area contributed by atoms with Crippen molar-refractivity contribution in [3.8, 4) is 0 Å². The van der Waals surface area contributed by atoms with E-state index in [1.54, 1.807) is 0 Å². The van der Waals surface area contributed by atoms with Gasteiger partial charge < -0.3 is 5.32 Å². The number of amides is 1. The van der Waals surface area contributed by atoms with Crippen molar-refractivity contribution in [1.29, 1.82) is 0 Å². The summed E-state index contributed by atoms with van der Waals surface area (Å²) in [6.07, 6.45) is 5.40. The van der Waals surface area contributed by atoms with Crippen molar-refractivity contribution in [2.24, 2.45) is 17.8 Å². The third-order valence-corrected chi connectivity index (χ3v) is 6.13. The molecule has 0 radical (unpaired) electrons. The summed E-state index contributed by atoms with van der Waals surface area (Å²) in [4.78, 5) is 21.7. The van der Waals surface area contributed by atoms with E-state index in [0.29, 0.717) is 11.5 Å². The molecule has 0 spiro atoms. The molecule has 4 heteroatoms. The van der Waals surface area contributed by atoms with Crippen molar-refractivity contribution in [2.75, 3.05) is 0 Å². The molecule has 2 aromatic rings. The molecule has 1 amide bonds. The van der Waals surface area contributed by atoms with E-state index in [-0.39, 0.29) is 11.9 Å². The van der Waals surface area contributed by atoms with Crippen molar-refractivity contribution in [1.82, 2.24) is 15.3 Å². The molecule has 0 aliphatic heterocycles. The number of carbonyl (C=O) groups excluding carboxylic acids is 1. The Morgan fingerprint density at radius 1 is 1.12 bits per heavy atom. The minimum Gasteiger partial charge on any atom is -0.349 e. The number of fused-ring (bicyclic) bond motifs is 3. The average Bonchev–Trinajstić information content (AvgIpc) is 3.18. The monoisotopic (exact) mass is 323 g/mol. The highest BCUT2D eigenvalue weighted by Crippen LogP contribution is 2.49. The molecule has 2 bridgehead atoms. The molecule has 126 valence electrons. The molecule has 4 atom stereocenters. The van der Waals surface area contributed by atoms with Crippen LogP contribution in [-0.4, -0.2) is 21.9 Å². The molecule has 1 aromatic heterocycles. The first-order chi connectivity index (χ1) is 11.5. The van der Waals surface area contributed by atoms with E-state index in [0.717, 1.165) is 34.3 Å². The van der Waals surface area contributed by atoms with E-state index in [1.807, 2.05) is 32.0 Å². The predicted octanol–water partition coefficient (Wildman–Crippen LogP) is 3.80. The van der Waals surface area contributed by atoms with E-state index in [2.05, 4.69) is 22.2 Å². The summed E-state index contributed by atoms with van der Waals surface area (Å²) in [5, 5.41) is 3.23. The summed E-state index contributed by atoms with van der Waals surface area (Å²) in [6, 6.07) is 5.85. The third kappa shape index (κ3) is 2.68. The lowest BCUT2D eigenvalue weighted by Crippen LogP contribution is -2.40. The fourth-order valence-electron chi connectivity index (χ4n) is 4.68. The van der Waals surface area contributed by atoms with Crippen LogP contribution in [0.2, 0.25) is 0 Å². The maximum absolute atomic E-state index is 12.7. The number of aryl methyl sites for hydroxylation is 2. The number of benzene rings is 1. The SMILES string of the molecule is Cc1nc2ccc(C(=O)N[C@H](C)[C@H]3C[C@H]4CC[C@H]3C4)cc2nc1C. The highest BCUT2D eigenvalue weighted by Gasteiger charge is 2.42. The van der Waals surface area contributed by atoms with Gasteiger partial charge in [-0.15, -0.1) is 0 Å². The molecule has 2 fully saturated rings. The Morgan fingerprint density at radius 2 is 1.88 bits per heavy atom.